The van der Waals surface area contributed by atoms with Crippen molar-refractivity contribution in [2.75, 3.05) is 0 Å². The lowest BCUT2D eigenvalue weighted by Crippen LogP contribution is -1.96. The minimum absolute atomic E-state index is 0.212. The summed E-state index contributed by atoms with van der Waals surface area (Å²) in [4.78, 5) is 2.90. The number of halogens is 3. The highest BCUT2D eigenvalue weighted by molar-refractivity contribution is 9.10. The summed E-state index contributed by atoms with van der Waals surface area (Å²) < 4.78 is 34.3. The standard InChI is InChI=1S/C5H2BrClFNO2S/c6-5-1-3(8)4(2-9-5)12(7,10)11/h1-2H. The van der Waals surface area contributed by atoms with E-state index in [0.717, 1.165) is 12.3 Å². The molecule has 12 heavy (non-hydrogen) atoms. The molecule has 0 saturated heterocycles. The summed E-state index contributed by atoms with van der Waals surface area (Å²) in [6.07, 6.45) is 0.849. The Morgan fingerprint density at radius 2 is 2.17 bits per heavy atom. The molecule has 0 atom stereocenters. The maximum Gasteiger partial charge on any atom is 0.265 e. The Labute approximate surface area is 81.1 Å². The molecule has 0 N–H and O–H groups in total. The quantitative estimate of drug-likeness (QED) is 0.580. The second-order valence-corrected chi connectivity index (χ2v) is 5.22. The first kappa shape index (κ1) is 9.88. The highest BCUT2D eigenvalue weighted by atomic mass is 79.9. The number of rotatable bonds is 1. The average Bonchev–Trinajstić information content (AvgIpc) is 1.83. The van der Waals surface area contributed by atoms with E-state index in [2.05, 4.69) is 20.9 Å². The monoisotopic (exact) mass is 273 g/mol. The summed E-state index contributed by atoms with van der Waals surface area (Å²) in [5.41, 5.74) is 0. The van der Waals surface area contributed by atoms with Gasteiger partial charge in [-0.15, -0.1) is 0 Å². The molecule has 0 spiro atoms. The highest BCUT2D eigenvalue weighted by Crippen LogP contribution is 2.19. The van der Waals surface area contributed by atoms with Gasteiger partial charge >= 0.3 is 0 Å². The molecule has 0 bridgehead atoms. The summed E-state index contributed by atoms with van der Waals surface area (Å²) in [7, 11) is 0.857. The predicted molar refractivity (Wildman–Crippen MR) is 44.9 cm³/mol. The van der Waals surface area contributed by atoms with E-state index in [-0.39, 0.29) is 4.60 Å². The normalized spacial score (nSPS) is 11.6. The van der Waals surface area contributed by atoms with Crippen molar-refractivity contribution >= 4 is 35.7 Å². The van der Waals surface area contributed by atoms with E-state index >= 15 is 0 Å². The Morgan fingerprint density at radius 3 is 2.58 bits per heavy atom. The van der Waals surface area contributed by atoms with Crippen molar-refractivity contribution in [1.29, 1.82) is 0 Å². The first-order chi connectivity index (χ1) is 5.41. The summed E-state index contributed by atoms with van der Waals surface area (Å²) >= 11 is 2.87. The minimum atomic E-state index is -4.04. The van der Waals surface area contributed by atoms with Gasteiger partial charge in [-0.1, -0.05) is 0 Å². The molecule has 1 heterocycles. The molecule has 0 amide bonds. The maximum atomic E-state index is 12.8. The minimum Gasteiger partial charge on any atom is -0.248 e. The van der Waals surface area contributed by atoms with E-state index in [1.54, 1.807) is 0 Å². The Bertz CT molecular complexity index is 408. The molecule has 1 aromatic rings. The van der Waals surface area contributed by atoms with Crippen LogP contribution >= 0.6 is 26.6 Å². The summed E-state index contributed by atoms with van der Waals surface area (Å²) in [6, 6.07) is 0.926. The smallest absolute Gasteiger partial charge is 0.248 e. The van der Waals surface area contributed by atoms with Crippen LogP contribution in [0, 0.1) is 5.82 Å². The van der Waals surface area contributed by atoms with Crippen molar-refractivity contribution in [1.82, 2.24) is 4.98 Å². The number of hydrogen-bond donors (Lipinski definition) is 0. The third-order valence-corrected chi connectivity index (χ3v) is 2.81. The van der Waals surface area contributed by atoms with Gasteiger partial charge < -0.3 is 0 Å². The van der Waals surface area contributed by atoms with E-state index in [9.17, 15) is 12.8 Å². The fourth-order valence-corrected chi connectivity index (χ4v) is 1.69. The van der Waals surface area contributed by atoms with Gasteiger partial charge in [-0.2, -0.15) is 0 Å². The summed E-state index contributed by atoms with van der Waals surface area (Å²) in [6.45, 7) is 0. The third kappa shape index (κ3) is 2.15. The fourth-order valence-electron chi connectivity index (χ4n) is 0.574. The lowest BCUT2D eigenvalue weighted by atomic mass is 10.5. The van der Waals surface area contributed by atoms with Crippen LogP contribution in [-0.4, -0.2) is 13.4 Å². The molecule has 0 saturated carbocycles. The van der Waals surface area contributed by atoms with Crippen LogP contribution in [0.3, 0.4) is 0 Å². The van der Waals surface area contributed by atoms with Gasteiger partial charge in [0.25, 0.3) is 9.05 Å². The van der Waals surface area contributed by atoms with Crippen molar-refractivity contribution in [2.24, 2.45) is 0 Å². The lowest BCUT2D eigenvalue weighted by Gasteiger charge is -1.96. The van der Waals surface area contributed by atoms with Gasteiger partial charge in [0.2, 0.25) is 0 Å². The average molecular weight is 274 g/mol. The highest BCUT2D eigenvalue weighted by Gasteiger charge is 2.16. The van der Waals surface area contributed by atoms with Crippen molar-refractivity contribution in [3.05, 3.63) is 22.7 Å². The first-order valence-corrected chi connectivity index (χ1v) is 5.77. The molecule has 66 valence electrons. The van der Waals surface area contributed by atoms with Crippen molar-refractivity contribution in [3.63, 3.8) is 0 Å². The van der Waals surface area contributed by atoms with E-state index < -0.39 is 19.8 Å². The molecule has 3 nitrogen and oxygen atoms in total. The molecule has 0 aliphatic heterocycles. The van der Waals surface area contributed by atoms with Crippen LogP contribution < -0.4 is 0 Å². The van der Waals surface area contributed by atoms with Crippen LogP contribution in [0.5, 0.6) is 0 Å². The third-order valence-electron chi connectivity index (χ3n) is 1.05. The van der Waals surface area contributed by atoms with E-state index in [0.29, 0.717) is 0 Å². The van der Waals surface area contributed by atoms with E-state index in [4.69, 9.17) is 10.7 Å². The Hall–Kier alpha value is -0.200. The predicted octanol–water partition coefficient (Wildman–Crippen LogP) is 1.91. The molecule has 0 fully saturated rings. The van der Waals surface area contributed by atoms with Crippen LogP contribution in [-0.2, 0) is 9.05 Å². The summed E-state index contributed by atoms with van der Waals surface area (Å²) in [5.74, 6) is -0.924. The van der Waals surface area contributed by atoms with Gasteiger partial charge in [-0.25, -0.2) is 17.8 Å². The SMILES string of the molecule is O=S(=O)(Cl)c1cnc(Br)cc1F. The van der Waals surface area contributed by atoms with Gasteiger partial charge in [-0.05, 0) is 15.9 Å². The van der Waals surface area contributed by atoms with Gasteiger partial charge in [0, 0.05) is 16.7 Å². The van der Waals surface area contributed by atoms with Gasteiger partial charge in [0.15, 0.2) is 0 Å². The molecular formula is C5H2BrClFNO2S. The number of hydrogen-bond acceptors (Lipinski definition) is 3. The van der Waals surface area contributed by atoms with Crippen LogP contribution in [0.4, 0.5) is 4.39 Å². The van der Waals surface area contributed by atoms with Crippen molar-refractivity contribution in [2.45, 2.75) is 4.90 Å². The summed E-state index contributed by atoms with van der Waals surface area (Å²) in [5, 5.41) is 0. The van der Waals surface area contributed by atoms with Crippen molar-refractivity contribution in [3.8, 4) is 0 Å². The molecule has 7 heteroatoms. The topological polar surface area (TPSA) is 47.0 Å². The Morgan fingerprint density at radius 1 is 1.58 bits per heavy atom. The maximum absolute atomic E-state index is 12.8. The fraction of sp³-hybridized carbons (Fsp3) is 0. The van der Waals surface area contributed by atoms with Crippen LogP contribution in [0.2, 0.25) is 0 Å². The second kappa shape index (κ2) is 3.27. The Balaban J connectivity index is 3.39. The Kier molecular flexibility index (Phi) is 2.70. The molecule has 0 aliphatic carbocycles. The van der Waals surface area contributed by atoms with Crippen LogP contribution in [0.25, 0.3) is 0 Å². The van der Waals surface area contributed by atoms with Gasteiger partial charge in [0.1, 0.15) is 15.3 Å². The number of pyridine rings is 1. The van der Waals surface area contributed by atoms with Crippen LogP contribution in [0.1, 0.15) is 0 Å². The molecule has 0 aromatic carbocycles. The molecule has 1 rings (SSSR count). The van der Waals surface area contributed by atoms with Crippen molar-refractivity contribution < 1.29 is 12.8 Å². The number of nitrogens with zero attached hydrogens (tertiary/aromatic N) is 1. The first-order valence-electron chi connectivity index (χ1n) is 2.67. The molecule has 0 aliphatic rings. The molecule has 0 radical (unpaired) electrons. The lowest BCUT2D eigenvalue weighted by molar-refractivity contribution is 0.572. The van der Waals surface area contributed by atoms with Crippen LogP contribution in [0.15, 0.2) is 21.8 Å². The molecular weight excluding hydrogens is 272 g/mol. The zero-order chi connectivity index (χ0) is 9.35. The zero-order valence-electron chi connectivity index (χ0n) is 5.46. The zero-order valence-corrected chi connectivity index (χ0v) is 8.62. The number of aromatic nitrogens is 1. The van der Waals surface area contributed by atoms with E-state index in [1.807, 2.05) is 0 Å². The molecule has 0 unspecified atom stereocenters. The molecule has 1 aromatic heterocycles. The van der Waals surface area contributed by atoms with Gasteiger partial charge in [0.05, 0.1) is 6.20 Å². The largest absolute Gasteiger partial charge is 0.265 e. The van der Waals surface area contributed by atoms with E-state index in [1.165, 1.54) is 0 Å². The van der Waals surface area contributed by atoms with Gasteiger partial charge in [-0.3, -0.25) is 0 Å². The second-order valence-electron chi connectivity index (χ2n) is 1.88.